The fourth-order valence-corrected chi connectivity index (χ4v) is 3.82. The lowest BCUT2D eigenvalue weighted by Gasteiger charge is -2.15. The Kier molecular flexibility index (Phi) is 5.25. The molecule has 1 aromatic carbocycles. The normalized spacial score (nSPS) is 16.3. The number of imidazole rings is 1. The van der Waals surface area contributed by atoms with Crippen molar-refractivity contribution in [3.8, 4) is 11.7 Å². The van der Waals surface area contributed by atoms with Crippen LogP contribution < -0.4 is 15.4 Å². The molecule has 0 saturated carbocycles. The van der Waals surface area contributed by atoms with Crippen LogP contribution >= 0.6 is 0 Å². The maximum Gasteiger partial charge on any atom is 0.322 e. The van der Waals surface area contributed by atoms with Gasteiger partial charge in [0.15, 0.2) is 5.65 Å². The Morgan fingerprint density at radius 3 is 2.94 bits per heavy atom. The highest BCUT2D eigenvalue weighted by molar-refractivity contribution is 5.53. The summed E-state index contributed by atoms with van der Waals surface area (Å²) < 4.78 is 9.84. The third-order valence-corrected chi connectivity index (χ3v) is 5.50. The average Bonchev–Trinajstić information content (AvgIpc) is 3.53. The Labute approximate surface area is 180 Å². The number of fused-ring (bicyclic) bond motifs is 1. The van der Waals surface area contributed by atoms with E-state index in [1.54, 1.807) is 17.0 Å². The summed E-state index contributed by atoms with van der Waals surface area (Å²) in [7, 11) is 0. The monoisotopic (exact) mass is 418 g/mol. The standard InChI is InChI=1S/C22H26N8O/c1-15(2)18-13-26-30-20(18)27-22(31-17-7-8-23-12-17)28-21(30)25-11-16-5-3-4-6-19(16)29-10-9-24-14-29/h3-6,9-10,13-15,17,23H,7-8,11-12H2,1-2H3,(H,25,27,28)/t17-/m1/s1. The van der Waals surface area contributed by atoms with E-state index in [0.29, 0.717) is 24.4 Å². The largest absolute Gasteiger partial charge is 0.459 e. The fourth-order valence-electron chi connectivity index (χ4n) is 3.82. The van der Waals surface area contributed by atoms with Crippen molar-refractivity contribution < 1.29 is 4.74 Å². The van der Waals surface area contributed by atoms with Crippen LogP contribution in [0.4, 0.5) is 5.95 Å². The molecule has 1 atom stereocenters. The second-order valence-corrected chi connectivity index (χ2v) is 8.00. The maximum absolute atomic E-state index is 6.08. The third kappa shape index (κ3) is 3.96. The molecule has 160 valence electrons. The zero-order chi connectivity index (χ0) is 21.2. The van der Waals surface area contributed by atoms with Crippen LogP contribution in [0.3, 0.4) is 0 Å². The molecule has 1 saturated heterocycles. The summed E-state index contributed by atoms with van der Waals surface area (Å²) in [4.78, 5) is 13.5. The van der Waals surface area contributed by atoms with Gasteiger partial charge >= 0.3 is 6.01 Å². The van der Waals surface area contributed by atoms with Crippen molar-refractivity contribution in [2.75, 3.05) is 18.4 Å². The van der Waals surface area contributed by atoms with Crippen molar-refractivity contribution in [3.63, 3.8) is 0 Å². The highest BCUT2D eigenvalue weighted by Gasteiger charge is 2.21. The van der Waals surface area contributed by atoms with Crippen LogP contribution in [0.15, 0.2) is 49.2 Å². The van der Waals surface area contributed by atoms with E-state index in [0.717, 1.165) is 42.0 Å². The van der Waals surface area contributed by atoms with Crippen LogP contribution in [-0.4, -0.2) is 48.3 Å². The summed E-state index contributed by atoms with van der Waals surface area (Å²) in [6, 6.07) is 8.59. The summed E-state index contributed by atoms with van der Waals surface area (Å²) >= 11 is 0. The van der Waals surface area contributed by atoms with Gasteiger partial charge in [-0.05, 0) is 30.5 Å². The van der Waals surface area contributed by atoms with Crippen LogP contribution in [0.25, 0.3) is 11.3 Å². The molecule has 1 aliphatic rings. The molecule has 9 heteroatoms. The second kappa shape index (κ2) is 8.35. The van der Waals surface area contributed by atoms with Gasteiger partial charge in [-0.3, -0.25) is 0 Å². The number of rotatable bonds is 7. The van der Waals surface area contributed by atoms with E-state index in [-0.39, 0.29) is 6.10 Å². The van der Waals surface area contributed by atoms with Crippen molar-refractivity contribution in [3.05, 3.63) is 60.3 Å². The smallest absolute Gasteiger partial charge is 0.322 e. The number of nitrogens with zero attached hydrogens (tertiary/aromatic N) is 6. The number of ether oxygens (including phenoxy) is 1. The Morgan fingerprint density at radius 1 is 1.26 bits per heavy atom. The molecule has 4 aromatic rings. The SMILES string of the molecule is CC(C)c1cnn2c(NCc3ccccc3-n3ccnc3)nc(O[C@@H]3CCNC3)nc12. The first-order valence-electron chi connectivity index (χ1n) is 10.6. The number of nitrogens with one attached hydrogen (secondary N) is 2. The zero-order valence-corrected chi connectivity index (χ0v) is 17.7. The van der Waals surface area contributed by atoms with E-state index in [2.05, 4.69) is 56.7 Å². The number of aromatic nitrogens is 6. The van der Waals surface area contributed by atoms with Crippen LogP contribution in [0.5, 0.6) is 6.01 Å². The predicted octanol–water partition coefficient (Wildman–Crippen LogP) is 2.79. The molecular formula is C22H26N8O. The molecule has 1 fully saturated rings. The summed E-state index contributed by atoms with van der Waals surface area (Å²) in [5, 5.41) is 11.3. The zero-order valence-electron chi connectivity index (χ0n) is 17.7. The molecule has 1 aliphatic heterocycles. The predicted molar refractivity (Wildman–Crippen MR) is 118 cm³/mol. The van der Waals surface area contributed by atoms with Gasteiger partial charge in [0.1, 0.15) is 6.10 Å². The Balaban J connectivity index is 1.48. The van der Waals surface area contributed by atoms with Gasteiger partial charge < -0.3 is 19.9 Å². The Hall–Kier alpha value is -3.46. The number of hydrogen-bond donors (Lipinski definition) is 2. The molecule has 5 rings (SSSR count). The summed E-state index contributed by atoms with van der Waals surface area (Å²) in [6.07, 6.45) is 8.41. The third-order valence-electron chi connectivity index (χ3n) is 5.50. The van der Waals surface area contributed by atoms with E-state index in [1.807, 2.05) is 29.1 Å². The van der Waals surface area contributed by atoms with Crippen molar-refractivity contribution in [1.82, 2.24) is 34.4 Å². The maximum atomic E-state index is 6.08. The first-order chi connectivity index (χ1) is 15.2. The summed E-state index contributed by atoms with van der Waals surface area (Å²) in [6.45, 7) is 6.60. The molecular weight excluding hydrogens is 392 g/mol. The topological polar surface area (TPSA) is 94.2 Å². The van der Waals surface area contributed by atoms with Crippen LogP contribution in [0.1, 0.15) is 37.3 Å². The van der Waals surface area contributed by atoms with Crippen LogP contribution in [0, 0.1) is 0 Å². The number of anilines is 1. The van der Waals surface area contributed by atoms with Gasteiger partial charge in [0, 0.05) is 31.0 Å². The Morgan fingerprint density at radius 2 is 2.16 bits per heavy atom. The van der Waals surface area contributed by atoms with E-state index >= 15 is 0 Å². The van der Waals surface area contributed by atoms with Crippen molar-refractivity contribution in [1.29, 1.82) is 0 Å². The molecule has 2 N–H and O–H groups in total. The first-order valence-corrected chi connectivity index (χ1v) is 10.6. The number of hydrogen-bond acceptors (Lipinski definition) is 7. The van der Waals surface area contributed by atoms with Crippen LogP contribution in [0.2, 0.25) is 0 Å². The highest BCUT2D eigenvalue weighted by atomic mass is 16.5. The minimum absolute atomic E-state index is 0.0858. The van der Waals surface area contributed by atoms with Crippen molar-refractivity contribution >= 4 is 11.6 Å². The summed E-state index contributed by atoms with van der Waals surface area (Å²) in [5.41, 5.74) is 4.02. The lowest BCUT2D eigenvalue weighted by molar-refractivity contribution is 0.204. The number of para-hydroxylation sites is 1. The average molecular weight is 419 g/mol. The second-order valence-electron chi connectivity index (χ2n) is 8.00. The molecule has 0 amide bonds. The molecule has 0 radical (unpaired) electrons. The van der Waals surface area contributed by atoms with E-state index in [1.165, 1.54) is 0 Å². The van der Waals surface area contributed by atoms with Gasteiger partial charge in [0.05, 0.1) is 18.2 Å². The lowest BCUT2D eigenvalue weighted by atomic mass is 10.1. The molecule has 0 unspecified atom stereocenters. The minimum Gasteiger partial charge on any atom is -0.459 e. The summed E-state index contributed by atoms with van der Waals surface area (Å²) in [5.74, 6) is 0.904. The Bertz CT molecular complexity index is 1160. The van der Waals surface area contributed by atoms with Gasteiger partial charge in [0.25, 0.3) is 0 Å². The van der Waals surface area contributed by atoms with Crippen LogP contribution in [-0.2, 0) is 6.54 Å². The molecule has 0 bridgehead atoms. The van der Waals surface area contributed by atoms with E-state index in [4.69, 9.17) is 4.74 Å². The quantitative estimate of drug-likeness (QED) is 0.477. The van der Waals surface area contributed by atoms with Crippen molar-refractivity contribution in [2.45, 2.75) is 38.8 Å². The first kappa shape index (κ1) is 19.5. The molecule has 3 aromatic heterocycles. The van der Waals surface area contributed by atoms with Crippen molar-refractivity contribution in [2.24, 2.45) is 0 Å². The minimum atomic E-state index is 0.0858. The van der Waals surface area contributed by atoms with Gasteiger partial charge in [0.2, 0.25) is 5.95 Å². The highest BCUT2D eigenvalue weighted by Crippen LogP contribution is 2.24. The van der Waals surface area contributed by atoms with Gasteiger partial charge in [-0.15, -0.1) is 0 Å². The molecule has 4 heterocycles. The van der Waals surface area contributed by atoms with E-state index in [9.17, 15) is 0 Å². The molecule has 9 nitrogen and oxygen atoms in total. The lowest BCUT2D eigenvalue weighted by Crippen LogP contribution is -2.21. The fraction of sp³-hybridized carbons (Fsp3) is 0.364. The number of benzene rings is 1. The van der Waals surface area contributed by atoms with Gasteiger partial charge in [-0.25, -0.2) is 4.98 Å². The molecule has 0 spiro atoms. The van der Waals surface area contributed by atoms with Gasteiger partial charge in [-0.1, -0.05) is 32.0 Å². The molecule has 0 aliphatic carbocycles. The van der Waals surface area contributed by atoms with Gasteiger partial charge in [-0.2, -0.15) is 19.6 Å². The van der Waals surface area contributed by atoms with E-state index < -0.39 is 0 Å². The molecule has 31 heavy (non-hydrogen) atoms.